The topological polar surface area (TPSA) is 104 Å². The van der Waals surface area contributed by atoms with Crippen LogP contribution >= 0.6 is 8.25 Å². The normalized spacial score (nSPS) is 11.5. The third kappa shape index (κ3) is 24.5. The fraction of sp³-hybridized carbons (Fsp3) is 1.00. The summed E-state index contributed by atoms with van der Waals surface area (Å²) in [7, 11) is -2.87. The van der Waals surface area contributed by atoms with Gasteiger partial charge in [-0.25, -0.2) is 0 Å². The third-order valence-electron chi connectivity index (χ3n) is 1.41. The zero-order valence-electron chi connectivity index (χ0n) is 7.89. The largest absolute Gasteiger partial charge is 0.692 e. The van der Waals surface area contributed by atoms with E-state index in [0.29, 0.717) is 6.54 Å². The molecule has 0 aliphatic heterocycles. The number of hydrogen-bond acceptors (Lipinski definition) is 3. The summed E-state index contributed by atoms with van der Waals surface area (Å²) in [4.78, 5) is 14.2. The molecule has 0 spiro atoms. The molecule has 0 aliphatic carbocycles. The van der Waals surface area contributed by atoms with Gasteiger partial charge in [-0.2, -0.15) is 0 Å². The molecule has 0 radical (unpaired) electrons. The van der Waals surface area contributed by atoms with E-state index in [4.69, 9.17) is 25.2 Å². The molecule has 5 nitrogen and oxygen atoms in total. The summed E-state index contributed by atoms with van der Waals surface area (Å²) >= 11 is 0. The smallest absolute Gasteiger partial charge is 0.392 e. The third-order valence-corrected chi connectivity index (χ3v) is 1.41. The molecule has 5 N–H and O–H groups in total. The molecule has 13 heavy (non-hydrogen) atoms. The van der Waals surface area contributed by atoms with Gasteiger partial charge >= 0.3 is 8.25 Å². The molecule has 0 aromatic heterocycles. The Labute approximate surface area is 79.5 Å². The lowest BCUT2D eigenvalue weighted by atomic mass is 10.1. The van der Waals surface area contributed by atoms with E-state index >= 15 is 0 Å². The average Bonchev–Trinajstić information content (AvgIpc) is 2.03. The lowest BCUT2D eigenvalue weighted by Crippen LogP contribution is -2.19. The van der Waals surface area contributed by atoms with Gasteiger partial charge < -0.3 is 10.8 Å². The van der Waals surface area contributed by atoms with Crippen molar-refractivity contribution in [3.63, 3.8) is 0 Å². The molecule has 0 aromatic rings. The highest BCUT2D eigenvalue weighted by molar-refractivity contribution is 7.30. The van der Waals surface area contributed by atoms with Crippen molar-refractivity contribution in [3.05, 3.63) is 0 Å². The fourth-order valence-corrected chi connectivity index (χ4v) is 0.748. The molecular weight excluding hydrogens is 193 g/mol. The van der Waals surface area contributed by atoms with E-state index in [9.17, 15) is 0 Å². The SMILES string of the molecule is CCCCCC(O)CN.O=[P+](O)O. The van der Waals surface area contributed by atoms with Crippen LogP contribution in [-0.2, 0) is 4.57 Å². The van der Waals surface area contributed by atoms with Crippen LogP contribution in [0.5, 0.6) is 0 Å². The Morgan fingerprint density at radius 3 is 2.15 bits per heavy atom. The average molecular weight is 212 g/mol. The van der Waals surface area contributed by atoms with Gasteiger partial charge in [0, 0.05) is 11.1 Å². The maximum atomic E-state index is 8.96. The second-order valence-corrected chi connectivity index (χ2v) is 3.14. The number of aliphatic hydroxyl groups is 1. The highest BCUT2D eigenvalue weighted by Crippen LogP contribution is 2.01. The molecule has 6 heteroatoms. The van der Waals surface area contributed by atoms with Gasteiger partial charge in [0.1, 0.15) is 0 Å². The van der Waals surface area contributed by atoms with Crippen LogP contribution in [-0.4, -0.2) is 27.5 Å². The molecular formula is C7H19NO4P+. The molecule has 0 aliphatic rings. The maximum absolute atomic E-state index is 8.96. The van der Waals surface area contributed by atoms with Crippen molar-refractivity contribution in [2.45, 2.75) is 38.7 Å². The van der Waals surface area contributed by atoms with Crippen molar-refractivity contribution in [2.24, 2.45) is 5.73 Å². The Morgan fingerprint density at radius 2 is 1.85 bits per heavy atom. The first-order valence-electron chi connectivity index (χ1n) is 4.27. The lowest BCUT2D eigenvalue weighted by molar-refractivity contribution is 0.169. The number of nitrogens with two attached hydrogens (primary N) is 1. The van der Waals surface area contributed by atoms with E-state index in [-0.39, 0.29) is 6.10 Å². The Bertz CT molecular complexity index is 119. The molecule has 0 saturated heterocycles. The molecule has 80 valence electrons. The lowest BCUT2D eigenvalue weighted by Gasteiger charge is -2.04. The van der Waals surface area contributed by atoms with Crippen LogP contribution < -0.4 is 5.73 Å². The van der Waals surface area contributed by atoms with Gasteiger partial charge in [-0.3, -0.25) is 0 Å². The van der Waals surface area contributed by atoms with Crippen LogP contribution in [0, 0.1) is 0 Å². The van der Waals surface area contributed by atoms with Crippen molar-refractivity contribution in [1.82, 2.24) is 0 Å². The van der Waals surface area contributed by atoms with E-state index in [2.05, 4.69) is 6.92 Å². The van der Waals surface area contributed by atoms with E-state index in [1.807, 2.05) is 0 Å². The van der Waals surface area contributed by atoms with Crippen LogP contribution in [0.3, 0.4) is 0 Å². The number of unbranched alkanes of at least 4 members (excludes halogenated alkanes) is 2. The van der Waals surface area contributed by atoms with E-state index in [1.165, 1.54) is 12.8 Å². The second-order valence-electron chi connectivity index (χ2n) is 2.64. The van der Waals surface area contributed by atoms with Gasteiger partial charge in [0.05, 0.1) is 6.10 Å². The Hall–Kier alpha value is -0.0600. The first-order chi connectivity index (χ1) is 6.04. The van der Waals surface area contributed by atoms with Gasteiger partial charge in [0.15, 0.2) is 0 Å². The Balaban J connectivity index is 0. The molecule has 0 heterocycles. The molecule has 0 rings (SSSR count). The van der Waals surface area contributed by atoms with Crippen LogP contribution in [0.15, 0.2) is 0 Å². The van der Waals surface area contributed by atoms with Crippen LogP contribution in [0.2, 0.25) is 0 Å². The minimum absolute atomic E-state index is 0.267. The summed E-state index contributed by atoms with van der Waals surface area (Å²) in [5, 5.41) is 8.96. The molecule has 0 bridgehead atoms. The van der Waals surface area contributed by atoms with E-state index in [1.54, 1.807) is 0 Å². The summed E-state index contributed by atoms with van der Waals surface area (Å²) in [5.74, 6) is 0. The summed E-state index contributed by atoms with van der Waals surface area (Å²) in [6, 6.07) is 0. The highest BCUT2D eigenvalue weighted by Gasteiger charge is 1.97. The Kier molecular flexibility index (Phi) is 14.2. The summed E-state index contributed by atoms with van der Waals surface area (Å²) < 4.78 is 8.70. The maximum Gasteiger partial charge on any atom is 0.692 e. The van der Waals surface area contributed by atoms with Gasteiger partial charge in [0.25, 0.3) is 0 Å². The standard InChI is InChI=1S/C7H17NO.HO3P/c1-2-3-4-5-7(9)6-8;1-4(2)3/h7,9H,2-6,8H2,1H3;(H-,1,2,3)/p+1. The van der Waals surface area contributed by atoms with Crippen molar-refractivity contribution in [3.8, 4) is 0 Å². The first kappa shape index (κ1) is 15.4. The van der Waals surface area contributed by atoms with Gasteiger partial charge in [-0.1, -0.05) is 26.2 Å². The molecule has 1 atom stereocenters. The predicted octanol–water partition coefficient (Wildman–Crippen LogP) is 0.515. The zero-order valence-corrected chi connectivity index (χ0v) is 8.78. The number of hydrogen-bond donors (Lipinski definition) is 4. The van der Waals surface area contributed by atoms with Crippen LogP contribution in [0.25, 0.3) is 0 Å². The van der Waals surface area contributed by atoms with Crippen molar-refractivity contribution >= 4 is 8.25 Å². The van der Waals surface area contributed by atoms with E-state index in [0.717, 1.165) is 12.8 Å². The van der Waals surface area contributed by atoms with Crippen molar-refractivity contribution in [2.75, 3.05) is 6.54 Å². The van der Waals surface area contributed by atoms with Gasteiger partial charge in [0.2, 0.25) is 0 Å². The van der Waals surface area contributed by atoms with Crippen molar-refractivity contribution < 1.29 is 19.5 Å². The zero-order chi connectivity index (χ0) is 10.7. The molecule has 0 fully saturated rings. The van der Waals surface area contributed by atoms with E-state index < -0.39 is 8.25 Å². The fourth-order valence-electron chi connectivity index (χ4n) is 0.748. The van der Waals surface area contributed by atoms with Gasteiger partial charge in [-0.05, 0) is 6.42 Å². The van der Waals surface area contributed by atoms with Crippen LogP contribution in [0.4, 0.5) is 0 Å². The number of aliphatic hydroxyl groups excluding tert-OH is 1. The molecule has 0 saturated carbocycles. The van der Waals surface area contributed by atoms with Crippen molar-refractivity contribution in [1.29, 1.82) is 0 Å². The highest BCUT2D eigenvalue weighted by atomic mass is 31.1. The summed E-state index contributed by atoms with van der Waals surface area (Å²) in [6.07, 6.45) is 4.12. The minimum Gasteiger partial charge on any atom is -0.392 e. The van der Waals surface area contributed by atoms with Gasteiger partial charge in [-0.15, -0.1) is 9.79 Å². The predicted molar refractivity (Wildman–Crippen MR) is 51.2 cm³/mol. The summed E-state index contributed by atoms with van der Waals surface area (Å²) in [5.41, 5.74) is 5.20. The summed E-state index contributed by atoms with van der Waals surface area (Å²) in [6.45, 7) is 2.55. The first-order valence-corrected chi connectivity index (χ1v) is 5.44. The minimum atomic E-state index is -2.87. The molecule has 1 unspecified atom stereocenters. The van der Waals surface area contributed by atoms with Crippen LogP contribution in [0.1, 0.15) is 32.6 Å². The Morgan fingerprint density at radius 1 is 1.38 bits per heavy atom. The number of rotatable bonds is 5. The quantitative estimate of drug-likeness (QED) is 0.393. The molecule has 0 aromatic carbocycles. The monoisotopic (exact) mass is 212 g/mol. The molecule has 0 amide bonds. The second kappa shape index (κ2) is 11.9.